The molecule has 122 valence electrons. The average Bonchev–Trinajstić information content (AvgIpc) is 2.65. The van der Waals surface area contributed by atoms with E-state index in [1.807, 2.05) is 67.6 Å². The highest BCUT2D eigenvalue weighted by Crippen LogP contribution is 2.25. The topological polar surface area (TPSA) is 38.3 Å². The lowest BCUT2D eigenvalue weighted by Crippen LogP contribution is -2.27. The predicted molar refractivity (Wildman–Crippen MR) is 97.2 cm³/mol. The van der Waals surface area contributed by atoms with Crippen molar-refractivity contribution in [3.63, 3.8) is 0 Å². The number of amides is 1. The molecule has 0 heterocycles. The number of carbonyl (C=O) groups excluding carboxylic acids is 1. The number of carbonyl (C=O) groups is 1. The first-order valence-corrected chi connectivity index (χ1v) is 8.07. The number of rotatable bonds is 5. The van der Waals surface area contributed by atoms with Crippen molar-refractivity contribution in [2.24, 2.45) is 0 Å². The van der Waals surface area contributed by atoms with Crippen LogP contribution < -0.4 is 10.1 Å². The van der Waals surface area contributed by atoms with E-state index in [2.05, 4.69) is 11.4 Å². The molecule has 1 unspecified atom stereocenters. The molecule has 24 heavy (non-hydrogen) atoms. The summed E-state index contributed by atoms with van der Waals surface area (Å²) in [6, 6.07) is 22.0. The van der Waals surface area contributed by atoms with Crippen LogP contribution in [0.3, 0.4) is 0 Å². The van der Waals surface area contributed by atoms with Crippen LogP contribution in [0.1, 0.15) is 24.0 Å². The molecule has 3 heteroatoms. The van der Waals surface area contributed by atoms with Crippen molar-refractivity contribution in [3.8, 4) is 5.75 Å². The quantitative estimate of drug-likeness (QED) is 0.763. The van der Waals surface area contributed by atoms with E-state index in [-0.39, 0.29) is 11.8 Å². The summed E-state index contributed by atoms with van der Waals surface area (Å²) in [7, 11) is 1.66. The van der Waals surface area contributed by atoms with Crippen molar-refractivity contribution in [2.45, 2.75) is 19.4 Å². The van der Waals surface area contributed by atoms with Gasteiger partial charge >= 0.3 is 0 Å². The van der Waals surface area contributed by atoms with Crippen LogP contribution in [0.4, 0.5) is 0 Å². The van der Waals surface area contributed by atoms with E-state index in [0.29, 0.717) is 6.54 Å². The van der Waals surface area contributed by atoms with Gasteiger partial charge in [0.2, 0.25) is 5.91 Å². The molecule has 3 aromatic rings. The SMILES string of the molecule is COc1ccc2cc(C(C)C(=O)NCc3ccccc3)ccc2c1. The molecule has 0 aliphatic heterocycles. The van der Waals surface area contributed by atoms with Crippen LogP contribution in [0.15, 0.2) is 66.7 Å². The molecule has 3 rings (SSSR count). The molecule has 0 spiro atoms. The van der Waals surface area contributed by atoms with Crippen LogP contribution in [-0.4, -0.2) is 13.0 Å². The third-order valence-electron chi connectivity index (χ3n) is 4.27. The second kappa shape index (κ2) is 7.18. The van der Waals surface area contributed by atoms with Gasteiger partial charge in [0.15, 0.2) is 0 Å². The molecule has 0 aliphatic rings. The van der Waals surface area contributed by atoms with Gasteiger partial charge in [0.1, 0.15) is 5.75 Å². The first-order chi connectivity index (χ1) is 11.7. The van der Waals surface area contributed by atoms with Gasteiger partial charge in [-0.3, -0.25) is 4.79 Å². The summed E-state index contributed by atoms with van der Waals surface area (Å²) in [6.07, 6.45) is 0. The van der Waals surface area contributed by atoms with E-state index in [0.717, 1.165) is 27.6 Å². The number of fused-ring (bicyclic) bond motifs is 1. The van der Waals surface area contributed by atoms with E-state index in [4.69, 9.17) is 4.74 Å². The van der Waals surface area contributed by atoms with Crippen LogP contribution in [0.2, 0.25) is 0 Å². The Labute approximate surface area is 142 Å². The Balaban J connectivity index is 1.72. The fourth-order valence-electron chi connectivity index (χ4n) is 2.73. The molecule has 1 N–H and O–H groups in total. The van der Waals surface area contributed by atoms with Gasteiger partial charge in [0, 0.05) is 6.54 Å². The van der Waals surface area contributed by atoms with Gasteiger partial charge in [0.05, 0.1) is 13.0 Å². The third-order valence-corrected chi connectivity index (χ3v) is 4.27. The maximum Gasteiger partial charge on any atom is 0.227 e. The fourth-order valence-corrected chi connectivity index (χ4v) is 2.73. The number of hydrogen-bond acceptors (Lipinski definition) is 2. The zero-order valence-electron chi connectivity index (χ0n) is 14.0. The number of hydrogen-bond donors (Lipinski definition) is 1. The Morgan fingerprint density at radius 3 is 2.46 bits per heavy atom. The maximum atomic E-state index is 12.4. The lowest BCUT2D eigenvalue weighted by molar-refractivity contribution is -0.122. The molecule has 0 aromatic heterocycles. The highest BCUT2D eigenvalue weighted by Gasteiger charge is 2.15. The Hall–Kier alpha value is -2.81. The van der Waals surface area contributed by atoms with Gasteiger partial charge < -0.3 is 10.1 Å². The summed E-state index contributed by atoms with van der Waals surface area (Å²) in [5.41, 5.74) is 2.11. The first kappa shape index (κ1) is 16.1. The van der Waals surface area contributed by atoms with Gasteiger partial charge in [-0.15, -0.1) is 0 Å². The molecule has 0 radical (unpaired) electrons. The normalized spacial score (nSPS) is 11.9. The molecule has 0 bridgehead atoms. The van der Waals surface area contributed by atoms with E-state index in [1.54, 1.807) is 7.11 Å². The molecule has 0 saturated heterocycles. The molecule has 1 atom stereocenters. The third kappa shape index (κ3) is 3.57. The van der Waals surface area contributed by atoms with E-state index >= 15 is 0 Å². The van der Waals surface area contributed by atoms with Gasteiger partial charge in [-0.1, -0.05) is 54.6 Å². The maximum absolute atomic E-state index is 12.4. The second-order valence-corrected chi connectivity index (χ2v) is 5.90. The van der Waals surface area contributed by atoms with Crippen LogP contribution in [0, 0.1) is 0 Å². The smallest absolute Gasteiger partial charge is 0.227 e. The molecule has 3 nitrogen and oxygen atoms in total. The zero-order chi connectivity index (χ0) is 16.9. The zero-order valence-corrected chi connectivity index (χ0v) is 14.0. The van der Waals surface area contributed by atoms with E-state index < -0.39 is 0 Å². The van der Waals surface area contributed by atoms with Gasteiger partial charge in [-0.2, -0.15) is 0 Å². The largest absolute Gasteiger partial charge is 0.497 e. The van der Waals surface area contributed by atoms with Gasteiger partial charge in [0.25, 0.3) is 0 Å². The summed E-state index contributed by atoms with van der Waals surface area (Å²) >= 11 is 0. The van der Waals surface area contributed by atoms with E-state index in [1.165, 1.54) is 0 Å². The average molecular weight is 319 g/mol. The minimum atomic E-state index is -0.194. The molecule has 0 fully saturated rings. The van der Waals surface area contributed by atoms with Gasteiger partial charge in [-0.25, -0.2) is 0 Å². The van der Waals surface area contributed by atoms with Gasteiger partial charge in [-0.05, 0) is 41.0 Å². The summed E-state index contributed by atoms with van der Waals surface area (Å²) in [6.45, 7) is 2.49. The van der Waals surface area contributed by atoms with Crippen LogP contribution in [0.5, 0.6) is 5.75 Å². The lowest BCUT2D eigenvalue weighted by atomic mass is 9.97. The molecular weight excluding hydrogens is 298 g/mol. The van der Waals surface area contributed by atoms with Crippen molar-refractivity contribution >= 4 is 16.7 Å². The number of methoxy groups -OCH3 is 1. The highest BCUT2D eigenvalue weighted by molar-refractivity contribution is 5.88. The Bertz CT molecular complexity index is 843. The van der Waals surface area contributed by atoms with Crippen LogP contribution in [0.25, 0.3) is 10.8 Å². The number of ether oxygens (including phenoxy) is 1. The molecule has 1 amide bonds. The summed E-state index contributed by atoms with van der Waals surface area (Å²) < 4.78 is 5.25. The Morgan fingerprint density at radius 1 is 1.00 bits per heavy atom. The van der Waals surface area contributed by atoms with Crippen LogP contribution in [-0.2, 0) is 11.3 Å². The minimum absolute atomic E-state index is 0.0340. The number of nitrogens with one attached hydrogen (secondary N) is 1. The van der Waals surface area contributed by atoms with Crippen LogP contribution >= 0.6 is 0 Å². The standard InChI is InChI=1S/C21H21NO2/c1-15(21(23)22-14-16-6-4-3-5-7-16)17-8-9-19-13-20(24-2)11-10-18(19)12-17/h3-13,15H,14H2,1-2H3,(H,22,23). The molecule has 0 saturated carbocycles. The summed E-state index contributed by atoms with van der Waals surface area (Å²) in [5, 5.41) is 5.22. The van der Waals surface area contributed by atoms with E-state index in [9.17, 15) is 4.79 Å². The van der Waals surface area contributed by atoms with Crippen molar-refractivity contribution in [2.75, 3.05) is 7.11 Å². The van der Waals surface area contributed by atoms with Crippen molar-refractivity contribution in [3.05, 3.63) is 77.9 Å². The Kier molecular flexibility index (Phi) is 4.80. The van der Waals surface area contributed by atoms with Crippen molar-refractivity contribution in [1.29, 1.82) is 0 Å². The predicted octanol–water partition coefficient (Wildman–Crippen LogP) is 4.27. The lowest BCUT2D eigenvalue weighted by Gasteiger charge is -2.14. The van der Waals surface area contributed by atoms with Crippen molar-refractivity contribution in [1.82, 2.24) is 5.32 Å². The molecule has 3 aromatic carbocycles. The summed E-state index contributed by atoms with van der Waals surface area (Å²) in [5.74, 6) is 0.677. The first-order valence-electron chi connectivity index (χ1n) is 8.07. The monoisotopic (exact) mass is 319 g/mol. The molecular formula is C21H21NO2. The second-order valence-electron chi connectivity index (χ2n) is 5.90. The fraction of sp³-hybridized carbons (Fsp3) is 0.190. The minimum Gasteiger partial charge on any atom is -0.497 e. The summed E-state index contributed by atoms with van der Waals surface area (Å²) in [4.78, 5) is 12.4. The molecule has 0 aliphatic carbocycles. The van der Waals surface area contributed by atoms with Crippen molar-refractivity contribution < 1.29 is 9.53 Å². The number of benzene rings is 3. The Morgan fingerprint density at radius 2 is 1.71 bits per heavy atom. The highest BCUT2D eigenvalue weighted by atomic mass is 16.5.